The van der Waals surface area contributed by atoms with Crippen LogP contribution in [0.3, 0.4) is 0 Å². The van der Waals surface area contributed by atoms with E-state index in [9.17, 15) is 0 Å². The zero-order chi connectivity index (χ0) is 14.2. The predicted molar refractivity (Wildman–Crippen MR) is 88.8 cm³/mol. The quantitative estimate of drug-likeness (QED) is 0.933. The number of hydrogen-bond acceptors (Lipinski definition) is 4. The number of aromatic nitrogens is 1. The summed E-state index contributed by atoms with van der Waals surface area (Å²) in [5, 5.41) is 6.89. The van der Waals surface area contributed by atoms with Gasteiger partial charge in [0.05, 0.1) is 0 Å². The second-order valence-electron chi connectivity index (χ2n) is 6.28. The first-order valence-corrected chi connectivity index (χ1v) is 8.66. The molecule has 4 heteroatoms. The molecule has 1 aromatic carbocycles. The normalized spacial score (nSPS) is 28.7. The molecular weight excluding hydrogens is 278 g/mol. The van der Waals surface area contributed by atoms with Crippen LogP contribution >= 0.6 is 11.3 Å². The van der Waals surface area contributed by atoms with Gasteiger partial charge in [0.25, 0.3) is 0 Å². The number of rotatable bonds is 3. The zero-order valence-corrected chi connectivity index (χ0v) is 13.1. The summed E-state index contributed by atoms with van der Waals surface area (Å²) in [6.45, 7) is 0. The lowest BCUT2D eigenvalue weighted by Crippen LogP contribution is -2.44. The highest BCUT2D eigenvalue weighted by Crippen LogP contribution is 2.35. The van der Waals surface area contributed by atoms with Crippen LogP contribution in [0, 0.1) is 0 Å². The summed E-state index contributed by atoms with van der Waals surface area (Å²) >= 11 is 1.70. The summed E-state index contributed by atoms with van der Waals surface area (Å²) in [5.41, 5.74) is 2.45. The Morgan fingerprint density at radius 3 is 2.76 bits per heavy atom. The minimum atomic E-state index is 0.616. The van der Waals surface area contributed by atoms with Gasteiger partial charge in [-0.15, -0.1) is 11.3 Å². The van der Waals surface area contributed by atoms with E-state index in [1.807, 2.05) is 11.6 Å². The van der Waals surface area contributed by atoms with Crippen LogP contribution in [-0.2, 0) is 0 Å². The van der Waals surface area contributed by atoms with Gasteiger partial charge >= 0.3 is 0 Å². The van der Waals surface area contributed by atoms with Gasteiger partial charge in [0.1, 0.15) is 5.01 Å². The summed E-state index contributed by atoms with van der Waals surface area (Å²) in [5.74, 6) is 0. The van der Waals surface area contributed by atoms with Gasteiger partial charge in [0, 0.05) is 41.0 Å². The van der Waals surface area contributed by atoms with E-state index < -0.39 is 0 Å². The molecule has 0 aliphatic carbocycles. The number of piperidine rings is 1. The highest BCUT2D eigenvalue weighted by molar-refractivity contribution is 7.13. The van der Waals surface area contributed by atoms with Crippen molar-refractivity contribution in [2.75, 3.05) is 12.4 Å². The van der Waals surface area contributed by atoms with Crippen LogP contribution in [0.4, 0.5) is 5.69 Å². The third-order valence-electron chi connectivity index (χ3n) is 5.01. The Balaban J connectivity index is 1.49. The molecule has 4 rings (SSSR count). The maximum atomic E-state index is 4.40. The van der Waals surface area contributed by atoms with Crippen molar-refractivity contribution in [1.82, 2.24) is 9.88 Å². The third-order valence-corrected chi connectivity index (χ3v) is 5.83. The molecule has 110 valence electrons. The predicted octanol–water partition coefficient (Wildman–Crippen LogP) is 3.85. The van der Waals surface area contributed by atoms with Crippen LogP contribution in [0.5, 0.6) is 0 Å². The number of hydrogen-bond donors (Lipinski definition) is 1. The van der Waals surface area contributed by atoms with Crippen molar-refractivity contribution in [3.8, 4) is 10.6 Å². The molecule has 1 N–H and O–H groups in total. The highest BCUT2D eigenvalue weighted by Gasteiger charge is 2.38. The van der Waals surface area contributed by atoms with Gasteiger partial charge in [-0.2, -0.15) is 0 Å². The van der Waals surface area contributed by atoms with Gasteiger partial charge in [0.15, 0.2) is 0 Å². The second kappa shape index (κ2) is 5.43. The third kappa shape index (κ3) is 2.58. The molecule has 2 saturated heterocycles. The summed E-state index contributed by atoms with van der Waals surface area (Å²) in [6, 6.07) is 10.9. The Bertz CT molecular complexity index is 596. The van der Waals surface area contributed by atoms with E-state index in [0.717, 1.165) is 17.1 Å². The van der Waals surface area contributed by atoms with E-state index in [-0.39, 0.29) is 0 Å². The number of thiazole rings is 1. The maximum absolute atomic E-state index is 4.40. The summed E-state index contributed by atoms with van der Waals surface area (Å²) in [6.07, 6.45) is 7.16. The molecule has 2 fully saturated rings. The van der Waals surface area contributed by atoms with Crippen molar-refractivity contribution in [3.05, 3.63) is 35.8 Å². The lowest BCUT2D eigenvalue weighted by Gasteiger charge is -2.37. The first-order chi connectivity index (χ1) is 10.3. The Hall–Kier alpha value is -1.39. The lowest BCUT2D eigenvalue weighted by atomic mass is 9.97. The number of benzene rings is 1. The van der Waals surface area contributed by atoms with Crippen LogP contribution in [0.15, 0.2) is 35.8 Å². The van der Waals surface area contributed by atoms with Crippen molar-refractivity contribution in [1.29, 1.82) is 0 Å². The number of anilines is 1. The average Bonchev–Trinajstić information content (AvgIpc) is 3.08. The summed E-state index contributed by atoms with van der Waals surface area (Å²) < 4.78 is 0. The molecule has 0 spiro atoms. The van der Waals surface area contributed by atoms with E-state index in [1.165, 1.54) is 36.9 Å². The molecule has 2 aliphatic heterocycles. The highest BCUT2D eigenvalue weighted by atomic mass is 32.1. The van der Waals surface area contributed by atoms with Crippen molar-refractivity contribution in [2.45, 2.75) is 43.8 Å². The van der Waals surface area contributed by atoms with Crippen LogP contribution in [0.2, 0.25) is 0 Å². The molecule has 0 amide bonds. The van der Waals surface area contributed by atoms with Gasteiger partial charge in [-0.3, -0.25) is 0 Å². The van der Waals surface area contributed by atoms with Crippen molar-refractivity contribution in [3.63, 3.8) is 0 Å². The SMILES string of the molecule is CN1C2CCC1CC(Nc1cccc(-c3nccs3)c1)C2. The van der Waals surface area contributed by atoms with E-state index in [0.29, 0.717) is 6.04 Å². The molecule has 0 saturated carbocycles. The van der Waals surface area contributed by atoms with Crippen LogP contribution in [0.1, 0.15) is 25.7 Å². The van der Waals surface area contributed by atoms with E-state index in [1.54, 1.807) is 11.3 Å². The molecule has 2 bridgehead atoms. The van der Waals surface area contributed by atoms with E-state index >= 15 is 0 Å². The first kappa shape index (κ1) is 13.3. The van der Waals surface area contributed by atoms with E-state index in [4.69, 9.17) is 0 Å². The van der Waals surface area contributed by atoms with Gasteiger partial charge in [0.2, 0.25) is 0 Å². The Morgan fingerprint density at radius 2 is 2.05 bits per heavy atom. The lowest BCUT2D eigenvalue weighted by molar-refractivity contribution is 0.169. The first-order valence-electron chi connectivity index (χ1n) is 7.78. The average molecular weight is 299 g/mol. The van der Waals surface area contributed by atoms with Crippen molar-refractivity contribution < 1.29 is 0 Å². The number of nitrogens with one attached hydrogen (secondary N) is 1. The minimum Gasteiger partial charge on any atom is -0.382 e. The zero-order valence-electron chi connectivity index (χ0n) is 12.3. The molecule has 2 aliphatic rings. The van der Waals surface area contributed by atoms with Gasteiger partial charge in [-0.1, -0.05) is 12.1 Å². The van der Waals surface area contributed by atoms with Gasteiger partial charge in [-0.05, 0) is 44.9 Å². The fourth-order valence-corrected chi connectivity index (χ4v) is 4.51. The molecule has 2 atom stereocenters. The summed E-state index contributed by atoms with van der Waals surface area (Å²) in [4.78, 5) is 6.99. The Labute approximate surface area is 130 Å². The minimum absolute atomic E-state index is 0.616. The van der Waals surface area contributed by atoms with Crippen molar-refractivity contribution >= 4 is 17.0 Å². The molecule has 21 heavy (non-hydrogen) atoms. The van der Waals surface area contributed by atoms with Gasteiger partial charge in [-0.25, -0.2) is 4.98 Å². The van der Waals surface area contributed by atoms with Crippen LogP contribution in [0.25, 0.3) is 10.6 Å². The molecule has 0 radical (unpaired) electrons. The molecule has 2 unspecified atom stereocenters. The number of fused-ring (bicyclic) bond motifs is 2. The van der Waals surface area contributed by atoms with Gasteiger partial charge < -0.3 is 10.2 Å². The molecule has 2 aromatic rings. The molecule has 3 heterocycles. The smallest absolute Gasteiger partial charge is 0.123 e. The van der Waals surface area contributed by atoms with Crippen LogP contribution < -0.4 is 5.32 Å². The number of nitrogens with zero attached hydrogens (tertiary/aromatic N) is 2. The summed E-state index contributed by atoms with van der Waals surface area (Å²) in [7, 11) is 2.29. The fourth-order valence-electron chi connectivity index (χ4n) is 3.87. The van der Waals surface area contributed by atoms with E-state index in [2.05, 4.69) is 46.5 Å². The monoisotopic (exact) mass is 299 g/mol. The second-order valence-corrected chi connectivity index (χ2v) is 7.18. The van der Waals surface area contributed by atoms with Crippen LogP contribution in [-0.4, -0.2) is 35.1 Å². The maximum Gasteiger partial charge on any atom is 0.123 e. The standard InChI is InChI=1S/C17H21N3S/c1-20-15-5-6-16(20)11-14(10-15)19-13-4-2-3-12(9-13)17-18-7-8-21-17/h2-4,7-9,14-16,19H,5-6,10-11H2,1H3. The van der Waals surface area contributed by atoms with Crippen molar-refractivity contribution in [2.24, 2.45) is 0 Å². The fraction of sp³-hybridized carbons (Fsp3) is 0.471. The molecular formula is C17H21N3S. The molecule has 1 aromatic heterocycles. The Morgan fingerprint density at radius 1 is 1.24 bits per heavy atom. The largest absolute Gasteiger partial charge is 0.382 e. The Kier molecular flexibility index (Phi) is 3.43. The topological polar surface area (TPSA) is 28.2 Å². The molecule has 3 nitrogen and oxygen atoms in total.